The van der Waals surface area contributed by atoms with Gasteiger partial charge >= 0.3 is 0 Å². The number of aromatic nitrogens is 1. The van der Waals surface area contributed by atoms with Gasteiger partial charge in [-0.15, -0.1) is 0 Å². The molecule has 18 heavy (non-hydrogen) atoms. The molecule has 0 radical (unpaired) electrons. The van der Waals surface area contributed by atoms with E-state index in [-0.39, 0.29) is 0 Å². The van der Waals surface area contributed by atoms with Crippen LogP contribution in [0.3, 0.4) is 0 Å². The predicted octanol–water partition coefficient (Wildman–Crippen LogP) is 2.16. The molecule has 0 aliphatic rings. The van der Waals surface area contributed by atoms with Gasteiger partial charge in [-0.2, -0.15) is 0 Å². The zero-order valence-corrected chi connectivity index (χ0v) is 10.5. The third-order valence-electron chi connectivity index (χ3n) is 3.03. The molecule has 94 valence electrons. The van der Waals surface area contributed by atoms with Crippen molar-refractivity contribution in [2.24, 2.45) is 0 Å². The minimum absolute atomic E-state index is 0.325. The van der Waals surface area contributed by atoms with Crippen molar-refractivity contribution in [2.75, 3.05) is 7.05 Å². The molecule has 2 N–H and O–H groups in total. The van der Waals surface area contributed by atoms with E-state index in [0.29, 0.717) is 11.8 Å². The summed E-state index contributed by atoms with van der Waals surface area (Å²) < 4.78 is 0. The number of hydrogen-bond acceptors (Lipinski definition) is 3. The van der Waals surface area contributed by atoms with Crippen molar-refractivity contribution >= 4 is 0 Å². The van der Waals surface area contributed by atoms with E-state index in [2.05, 4.69) is 10.3 Å². The Morgan fingerprint density at radius 1 is 1.11 bits per heavy atom. The van der Waals surface area contributed by atoms with Crippen LogP contribution in [0.1, 0.15) is 11.1 Å². The van der Waals surface area contributed by atoms with Gasteiger partial charge in [-0.3, -0.25) is 4.98 Å². The van der Waals surface area contributed by atoms with Crippen molar-refractivity contribution in [1.29, 1.82) is 0 Å². The molecule has 0 fully saturated rings. The minimum Gasteiger partial charge on any atom is -0.508 e. The van der Waals surface area contributed by atoms with Gasteiger partial charge in [0.05, 0.1) is 0 Å². The van der Waals surface area contributed by atoms with Gasteiger partial charge in [-0.05, 0) is 55.3 Å². The highest BCUT2D eigenvalue weighted by Crippen LogP contribution is 2.14. The smallest absolute Gasteiger partial charge is 0.115 e. The third kappa shape index (κ3) is 3.57. The van der Waals surface area contributed by atoms with E-state index in [9.17, 15) is 5.11 Å². The molecule has 3 nitrogen and oxygen atoms in total. The van der Waals surface area contributed by atoms with Crippen LogP contribution in [0.5, 0.6) is 5.75 Å². The van der Waals surface area contributed by atoms with E-state index >= 15 is 0 Å². The van der Waals surface area contributed by atoms with Crippen LogP contribution in [0, 0.1) is 0 Å². The number of phenols is 1. The third-order valence-corrected chi connectivity index (χ3v) is 3.03. The minimum atomic E-state index is 0.325. The van der Waals surface area contributed by atoms with Crippen LogP contribution >= 0.6 is 0 Å². The lowest BCUT2D eigenvalue weighted by Crippen LogP contribution is -2.29. The molecule has 0 amide bonds. The zero-order valence-electron chi connectivity index (χ0n) is 10.5. The average Bonchev–Trinajstić information content (AvgIpc) is 2.39. The highest BCUT2D eigenvalue weighted by molar-refractivity contribution is 5.28. The standard InChI is InChI=1S/C15H18N2O/c1-16-14(9-12-5-7-17-8-6-12)10-13-3-2-4-15(18)11-13/h2-8,11,14,16,18H,9-10H2,1H3. The summed E-state index contributed by atoms with van der Waals surface area (Å²) in [6, 6.07) is 11.9. The lowest BCUT2D eigenvalue weighted by atomic mass is 9.99. The quantitative estimate of drug-likeness (QED) is 0.844. The van der Waals surface area contributed by atoms with Crippen LogP contribution in [-0.2, 0) is 12.8 Å². The Morgan fingerprint density at radius 2 is 1.83 bits per heavy atom. The van der Waals surface area contributed by atoms with Crippen molar-refractivity contribution < 1.29 is 5.11 Å². The molecule has 0 aliphatic heterocycles. The molecule has 1 aromatic carbocycles. The summed E-state index contributed by atoms with van der Waals surface area (Å²) in [4.78, 5) is 4.02. The van der Waals surface area contributed by atoms with Crippen LogP contribution in [0.4, 0.5) is 0 Å². The highest BCUT2D eigenvalue weighted by Gasteiger charge is 2.08. The van der Waals surface area contributed by atoms with Crippen molar-refractivity contribution in [3.05, 3.63) is 59.9 Å². The van der Waals surface area contributed by atoms with Gasteiger partial charge < -0.3 is 10.4 Å². The Kier molecular flexibility index (Phi) is 4.31. The Morgan fingerprint density at radius 3 is 2.50 bits per heavy atom. The van der Waals surface area contributed by atoms with Crippen molar-refractivity contribution in [2.45, 2.75) is 18.9 Å². The second kappa shape index (κ2) is 6.17. The molecular weight excluding hydrogens is 224 g/mol. The first kappa shape index (κ1) is 12.6. The Balaban J connectivity index is 2.01. The first-order chi connectivity index (χ1) is 8.78. The van der Waals surface area contributed by atoms with E-state index in [1.807, 2.05) is 49.8 Å². The monoisotopic (exact) mass is 242 g/mol. The first-order valence-corrected chi connectivity index (χ1v) is 6.12. The van der Waals surface area contributed by atoms with Crippen LogP contribution in [-0.4, -0.2) is 23.2 Å². The average molecular weight is 242 g/mol. The topological polar surface area (TPSA) is 45.2 Å². The number of pyridine rings is 1. The van der Waals surface area contributed by atoms with Gasteiger partial charge in [0.1, 0.15) is 5.75 Å². The molecule has 2 rings (SSSR count). The van der Waals surface area contributed by atoms with Crippen molar-refractivity contribution in [1.82, 2.24) is 10.3 Å². The summed E-state index contributed by atoms with van der Waals surface area (Å²) in [5.74, 6) is 0.325. The van der Waals surface area contributed by atoms with E-state index in [1.54, 1.807) is 6.07 Å². The number of benzene rings is 1. The lowest BCUT2D eigenvalue weighted by Gasteiger charge is -2.16. The largest absolute Gasteiger partial charge is 0.508 e. The summed E-state index contributed by atoms with van der Waals surface area (Å²) in [5, 5.41) is 12.8. The molecule has 1 unspecified atom stereocenters. The maximum Gasteiger partial charge on any atom is 0.115 e. The molecule has 0 saturated heterocycles. The van der Waals surface area contributed by atoms with E-state index in [1.165, 1.54) is 5.56 Å². The molecule has 1 aromatic heterocycles. The summed E-state index contributed by atoms with van der Waals surface area (Å²) in [6.45, 7) is 0. The van der Waals surface area contributed by atoms with Gasteiger partial charge in [-0.1, -0.05) is 12.1 Å². The first-order valence-electron chi connectivity index (χ1n) is 6.12. The summed E-state index contributed by atoms with van der Waals surface area (Å²) in [7, 11) is 1.97. The van der Waals surface area contributed by atoms with Gasteiger partial charge in [0.2, 0.25) is 0 Å². The highest BCUT2D eigenvalue weighted by atomic mass is 16.3. The van der Waals surface area contributed by atoms with Crippen molar-refractivity contribution in [3.8, 4) is 5.75 Å². The molecule has 0 saturated carbocycles. The van der Waals surface area contributed by atoms with Gasteiger partial charge in [0.15, 0.2) is 0 Å². The number of nitrogens with one attached hydrogen (secondary N) is 1. The molecule has 0 aliphatic carbocycles. The van der Waals surface area contributed by atoms with Crippen LogP contribution in [0.2, 0.25) is 0 Å². The number of hydrogen-bond donors (Lipinski definition) is 2. The van der Waals surface area contributed by atoms with Crippen LogP contribution in [0.15, 0.2) is 48.8 Å². The molecule has 0 spiro atoms. The van der Waals surface area contributed by atoms with E-state index < -0.39 is 0 Å². The van der Waals surface area contributed by atoms with Crippen LogP contribution < -0.4 is 5.32 Å². The van der Waals surface area contributed by atoms with E-state index in [4.69, 9.17) is 0 Å². The summed E-state index contributed by atoms with van der Waals surface area (Å²) >= 11 is 0. The molecule has 3 heteroatoms. The molecular formula is C15H18N2O. The Hall–Kier alpha value is -1.87. The van der Waals surface area contributed by atoms with E-state index in [0.717, 1.165) is 18.4 Å². The number of rotatable bonds is 5. The Bertz CT molecular complexity index is 485. The predicted molar refractivity (Wildman–Crippen MR) is 72.6 cm³/mol. The fourth-order valence-electron chi connectivity index (χ4n) is 2.05. The van der Waals surface area contributed by atoms with Gasteiger partial charge in [0, 0.05) is 18.4 Å². The number of aromatic hydroxyl groups is 1. The summed E-state index contributed by atoms with van der Waals surface area (Å²) in [5.41, 5.74) is 2.41. The number of nitrogens with zero attached hydrogens (tertiary/aromatic N) is 1. The fraction of sp³-hybridized carbons (Fsp3) is 0.267. The van der Waals surface area contributed by atoms with Crippen LogP contribution in [0.25, 0.3) is 0 Å². The van der Waals surface area contributed by atoms with Gasteiger partial charge in [0.25, 0.3) is 0 Å². The molecule has 1 heterocycles. The van der Waals surface area contributed by atoms with Crippen molar-refractivity contribution in [3.63, 3.8) is 0 Å². The maximum atomic E-state index is 9.46. The molecule has 2 aromatic rings. The molecule has 0 bridgehead atoms. The maximum absolute atomic E-state index is 9.46. The second-order valence-electron chi connectivity index (χ2n) is 4.42. The number of phenolic OH excluding ortho intramolecular Hbond substituents is 1. The summed E-state index contributed by atoms with van der Waals surface area (Å²) in [6.07, 6.45) is 5.48. The lowest BCUT2D eigenvalue weighted by molar-refractivity contribution is 0.473. The van der Waals surface area contributed by atoms with Gasteiger partial charge in [-0.25, -0.2) is 0 Å². The zero-order chi connectivity index (χ0) is 12.8. The SMILES string of the molecule is CNC(Cc1ccncc1)Cc1cccc(O)c1. The normalized spacial score (nSPS) is 12.3. The fourth-order valence-corrected chi connectivity index (χ4v) is 2.05. The number of likely N-dealkylation sites (N-methyl/N-ethyl adjacent to an activating group) is 1. The molecule has 1 atom stereocenters. The second-order valence-corrected chi connectivity index (χ2v) is 4.42. The Labute approximate surface area is 108 Å².